The van der Waals surface area contributed by atoms with Gasteiger partial charge in [0.05, 0.1) is 18.2 Å². The molecule has 1 aromatic carbocycles. The summed E-state index contributed by atoms with van der Waals surface area (Å²) in [6, 6.07) is 3.31. The number of Topliss-reactive ketones (excluding diaryl/α,β-unsaturated/α-hetero) is 1. The molecule has 1 rings (SSSR count). The van der Waals surface area contributed by atoms with Gasteiger partial charge in [-0.3, -0.25) is 4.79 Å². The van der Waals surface area contributed by atoms with Crippen LogP contribution in [0.15, 0.2) is 12.1 Å². The number of ether oxygens (including phenoxy) is 2. The Morgan fingerprint density at radius 3 is 2.06 bits per heavy atom. The van der Waals surface area contributed by atoms with Crippen LogP contribution in [0.4, 0.5) is 0 Å². The van der Waals surface area contributed by atoms with Gasteiger partial charge in [-0.25, -0.2) is 0 Å². The maximum absolute atomic E-state index is 11.4. The zero-order valence-corrected chi connectivity index (χ0v) is 11.8. The van der Waals surface area contributed by atoms with Crippen molar-refractivity contribution in [1.29, 1.82) is 0 Å². The molecule has 1 aromatic rings. The Morgan fingerprint density at radius 1 is 1.11 bits per heavy atom. The number of carbonyl (C=O) groups is 1. The highest BCUT2D eigenvalue weighted by molar-refractivity contribution is 6.34. The summed E-state index contributed by atoms with van der Waals surface area (Å²) in [6.07, 6.45) is 1.80. The zero-order chi connectivity index (χ0) is 13.5. The van der Waals surface area contributed by atoms with Crippen molar-refractivity contribution in [2.75, 3.05) is 13.2 Å². The molecule has 18 heavy (non-hydrogen) atoms. The van der Waals surface area contributed by atoms with Gasteiger partial charge < -0.3 is 9.47 Å². The van der Waals surface area contributed by atoms with E-state index in [4.69, 9.17) is 21.1 Å². The standard InChI is InChI=1S/C14H19ClO3/c1-4-6-17-13-8-11(10(3)16)12(15)9-14(13)18-7-5-2/h8-9H,4-7H2,1-3H3. The van der Waals surface area contributed by atoms with Crippen LogP contribution in [0.5, 0.6) is 11.5 Å². The zero-order valence-electron chi connectivity index (χ0n) is 11.1. The molecule has 0 aliphatic heterocycles. The van der Waals surface area contributed by atoms with E-state index in [1.54, 1.807) is 12.1 Å². The van der Waals surface area contributed by atoms with Crippen LogP contribution in [0.2, 0.25) is 5.02 Å². The molecule has 0 bridgehead atoms. The minimum Gasteiger partial charge on any atom is -0.490 e. The highest BCUT2D eigenvalue weighted by Crippen LogP contribution is 2.34. The fourth-order valence-corrected chi connectivity index (χ4v) is 1.74. The molecule has 0 heterocycles. The number of rotatable bonds is 7. The molecule has 0 spiro atoms. The van der Waals surface area contributed by atoms with Crippen molar-refractivity contribution in [3.63, 3.8) is 0 Å². The summed E-state index contributed by atoms with van der Waals surface area (Å²) in [5.41, 5.74) is 0.464. The molecule has 0 radical (unpaired) electrons. The van der Waals surface area contributed by atoms with Gasteiger partial charge in [0, 0.05) is 11.6 Å². The average Bonchev–Trinajstić information content (AvgIpc) is 2.34. The second-order valence-corrected chi connectivity index (χ2v) is 4.44. The van der Waals surface area contributed by atoms with Gasteiger partial charge in [0.15, 0.2) is 17.3 Å². The number of halogens is 1. The molecule has 100 valence electrons. The van der Waals surface area contributed by atoms with Crippen LogP contribution in [-0.2, 0) is 0 Å². The Balaban J connectivity index is 3.06. The summed E-state index contributed by atoms with van der Waals surface area (Å²) in [5.74, 6) is 1.10. The van der Waals surface area contributed by atoms with E-state index in [2.05, 4.69) is 0 Å². The van der Waals surface area contributed by atoms with Crippen LogP contribution in [0.3, 0.4) is 0 Å². The van der Waals surface area contributed by atoms with E-state index in [9.17, 15) is 4.79 Å². The average molecular weight is 271 g/mol. The maximum atomic E-state index is 11.4. The summed E-state index contributed by atoms with van der Waals surface area (Å²) >= 11 is 6.05. The third kappa shape index (κ3) is 3.91. The molecule has 0 aliphatic carbocycles. The number of benzene rings is 1. The smallest absolute Gasteiger partial charge is 0.162 e. The van der Waals surface area contributed by atoms with Gasteiger partial charge in [0.2, 0.25) is 0 Å². The molecule has 0 saturated heterocycles. The van der Waals surface area contributed by atoms with Crippen molar-refractivity contribution in [2.45, 2.75) is 33.6 Å². The molecule has 3 nitrogen and oxygen atoms in total. The second kappa shape index (κ2) is 7.27. The van der Waals surface area contributed by atoms with Gasteiger partial charge in [0.1, 0.15) is 0 Å². The fourth-order valence-electron chi connectivity index (χ4n) is 1.45. The van der Waals surface area contributed by atoms with Crippen LogP contribution in [-0.4, -0.2) is 19.0 Å². The van der Waals surface area contributed by atoms with Gasteiger partial charge in [-0.05, 0) is 25.8 Å². The Hall–Kier alpha value is -1.22. The van der Waals surface area contributed by atoms with Gasteiger partial charge in [-0.1, -0.05) is 25.4 Å². The van der Waals surface area contributed by atoms with Crippen molar-refractivity contribution in [3.8, 4) is 11.5 Å². The first-order chi connectivity index (χ1) is 8.60. The van der Waals surface area contributed by atoms with E-state index < -0.39 is 0 Å². The molecule has 0 unspecified atom stereocenters. The van der Waals surface area contributed by atoms with E-state index in [1.165, 1.54) is 6.92 Å². The summed E-state index contributed by atoms with van der Waals surface area (Å²) in [7, 11) is 0. The normalized spacial score (nSPS) is 10.2. The predicted octanol–water partition coefficient (Wildman–Crippen LogP) is 4.12. The first-order valence-corrected chi connectivity index (χ1v) is 6.58. The van der Waals surface area contributed by atoms with Crippen LogP contribution in [0, 0.1) is 0 Å². The van der Waals surface area contributed by atoms with E-state index in [0.29, 0.717) is 35.3 Å². The lowest BCUT2D eigenvalue weighted by atomic mass is 10.1. The minimum absolute atomic E-state index is 0.0802. The molecule has 0 fully saturated rings. The van der Waals surface area contributed by atoms with Crippen LogP contribution in [0.1, 0.15) is 44.0 Å². The van der Waals surface area contributed by atoms with Crippen LogP contribution in [0.25, 0.3) is 0 Å². The number of hydrogen-bond acceptors (Lipinski definition) is 3. The van der Waals surface area contributed by atoms with Crippen LogP contribution < -0.4 is 9.47 Å². The summed E-state index contributed by atoms with van der Waals surface area (Å²) in [5, 5.41) is 0.400. The monoisotopic (exact) mass is 270 g/mol. The first-order valence-electron chi connectivity index (χ1n) is 6.20. The number of carbonyl (C=O) groups excluding carboxylic acids is 1. The molecule has 0 atom stereocenters. The van der Waals surface area contributed by atoms with Gasteiger partial charge in [0.25, 0.3) is 0 Å². The highest BCUT2D eigenvalue weighted by atomic mass is 35.5. The second-order valence-electron chi connectivity index (χ2n) is 4.03. The van der Waals surface area contributed by atoms with Crippen LogP contribution >= 0.6 is 11.6 Å². The topological polar surface area (TPSA) is 35.5 Å². The first kappa shape index (κ1) is 14.8. The number of hydrogen-bond donors (Lipinski definition) is 0. The Bertz CT molecular complexity index is 416. The van der Waals surface area contributed by atoms with Crippen molar-refractivity contribution in [3.05, 3.63) is 22.7 Å². The van der Waals surface area contributed by atoms with E-state index in [-0.39, 0.29) is 5.78 Å². The molecule has 0 N–H and O–H groups in total. The Morgan fingerprint density at radius 2 is 1.61 bits per heavy atom. The van der Waals surface area contributed by atoms with Crippen molar-refractivity contribution in [2.24, 2.45) is 0 Å². The summed E-state index contributed by atoms with van der Waals surface area (Å²) in [6.45, 7) is 6.71. The van der Waals surface area contributed by atoms with Gasteiger partial charge >= 0.3 is 0 Å². The van der Waals surface area contributed by atoms with E-state index in [0.717, 1.165) is 12.8 Å². The van der Waals surface area contributed by atoms with E-state index in [1.807, 2.05) is 13.8 Å². The third-order valence-electron chi connectivity index (χ3n) is 2.34. The molecular formula is C14H19ClO3. The Kier molecular flexibility index (Phi) is 5.99. The van der Waals surface area contributed by atoms with Gasteiger partial charge in [-0.15, -0.1) is 0 Å². The lowest BCUT2D eigenvalue weighted by Gasteiger charge is -2.14. The molecule has 0 aliphatic rings. The molecular weight excluding hydrogens is 252 g/mol. The molecule has 0 amide bonds. The SMILES string of the molecule is CCCOc1cc(Cl)c(C(C)=O)cc1OCCC. The molecule has 4 heteroatoms. The Labute approximate surface area is 113 Å². The van der Waals surface area contributed by atoms with Crippen molar-refractivity contribution in [1.82, 2.24) is 0 Å². The molecule has 0 saturated carbocycles. The van der Waals surface area contributed by atoms with Crippen molar-refractivity contribution >= 4 is 17.4 Å². The maximum Gasteiger partial charge on any atom is 0.162 e. The third-order valence-corrected chi connectivity index (χ3v) is 2.65. The quantitative estimate of drug-likeness (QED) is 0.699. The van der Waals surface area contributed by atoms with Gasteiger partial charge in [-0.2, -0.15) is 0 Å². The van der Waals surface area contributed by atoms with Crippen molar-refractivity contribution < 1.29 is 14.3 Å². The summed E-state index contributed by atoms with van der Waals surface area (Å²) in [4.78, 5) is 11.4. The van der Waals surface area contributed by atoms with E-state index >= 15 is 0 Å². The lowest BCUT2D eigenvalue weighted by Crippen LogP contribution is -2.03. The highest BCUT2D eigenvalue weighted by Gasteiger charge is 2.13. The summed E-state index contributed by atoms with van der Waals surface area (Å²) < 4.78 is 11.2. The minimum atomic E-state index is -0.0802. The molecule has 0 aromatic heterocycles. The fraction of sp³-hybridized carbons (Fsp3) is 0.500. The number of ketones is 1. The lowest BCUT2D eigenvalue weighted by molar-refractivity contribution is 0.101. The largest absolute Gasteiger partial charge is 0.490 e. The predicted molar refractivity (Wildman–Crippen MR) is 73.0 cm³/mol.